The first kappa shape index (κ1) is 24.7. The second kappa shape index (κ2) is 11.8. The lowest BCUT2D eigenvalue weighted by Crippen LogP contribution is -2.50. The van der Waals surface area contributed by atoms with Crippen LogP contribution in [0.5, 0.6) is 5.75 Å². The van der Waals surface area contributed by atoms with E-state index in [1.54, 1.807) is 17.0 Å². The zero-order valence-electron chi connectivity index (χ0n) is 19.1. The fraction of sp³-hybridized carbons (Fsp3) is 0.440. The summed E-state index contributed by atoms with van der Waals surface area (Å²) in [7, 11) is 0. The second-order valence-corrected chi connectivity index (χ2v) is 8.63. The Hall–Kier alpha value is -2.53. The first-order valence-electron chi connectivity index (χ1n) is 10.7. The van der Waals surface area contributed by atoms with Gasteiger partial charge in [-0.1, -0.05) is 56.6 Å². The van der Waals surface area contributed by atoms with Crippen LogP contribution < -0.4 is 10.1 Å². The van der Waals surface area contributed by atoms with E-state index in [1.807, 2.05) is 65.0 Å². The van der Waals surface area contributed by atoms with Crippen molar-refractivity contribution >= 4 is 23.4 Å². The molecular formula is C25H33ClN2O3. The number of aryl methyl sites for hydroxylation is 1. The average Bonchev–Trinajstić information content (AvgIpc) is 2.74. The van der Waals surface area contributed by atoms with Crippen molar-refractivity contribution in [1.82, 2.24) is 10.2 Å². The van der Waals surface area contributed by atoms with Crippen LogP contribution in [0.3, 0.4) is 0 Å². The summed E-state index contributed by atoms with van der Waals surface area (Å²) in [6.07, 6.45) is 0.507. The summed E-state index contributed by atoms with van der Waals surface area (Å²) in [5.41, 5.74) is 3.00. The molecule has 1 N–H and O–H groups in total. The normalized spacial score (nSPS) is 11.8. The third kappa shape index (κ3) is 7.28. The van der Waals surface area contributed by atoms with Crippen molar-refractivity contribution in [3.8, 4) is 5.75 Å². The second-order valence-electron chi connectivity index (χ2n) is 8.20. The number of benzene rings is 2. The molecule has 0 aliphatic rings. The van der Waals surface area contributed by atoms with Crippen LogP contribution in [0.1, 0.15) is 43.9 Å². The molecule has 2 amide bonds. The highest BCUT2D eigenvalue weighted by molar-refractivity contribution is 6.30. The van der Waals surface area contributed by atoms with Gasteiger partial charge in [-0.25, -0.2) is 0 Å². The van der Waals surface area contributed by atoms with Gasteiger partial charge >= 0.3 is 0 Å². The number of carbonyl (C=O) groups is 2. The molecule has 0 bridgehead atoms. The smallest absolute Gasteiger partial charge is 0.261 e. The van der Waals surface area contributed by atoms with Crippen molar-refractivity contribution in [2.45, 2.75) is 53.6 Å². The molecule has 168 valence electrons. The van der Waals surface area contributed by atoms with Crippen molar-refractivity contribution < 1.29 is 14.3 Å². The van der Waals surface area contributed by atoms with Gasteiger partial charge in [0, 0.05) is 18.1 Å². The van der Waals surface area contributed by atoms with Crippen LogP contribution in [0.15, 0.2) is 42.5 Å². The highest BCUT2D eigenvalue weighted by Crippen LogP contribution is 2.21. The van der Waals surface area contributed by atoms with E-state index in [9.17, 15) is 9.59 Å². The van der Waals surface area contributed by atoms with Crippen molar-refractivity contribution in [1.29, 1.82) is 0 Å². The Morgan fingerprint density at radius 3 is 2.39 bits per heavy atom. The van der Waals surface area contributed by atoms with Crippen molar-refractivity contribution in [2.75, 3.05) is 13.2 Å². The zero-order valence-corrected chi connectivity index (χ0v) is 19.8. The lowest BCUT2D eigenvalue weighted by Gasteiger charge is -2.31. The fourth-order valence-corrected chi connectivity index (χ4v) is 3.36. The number of nitrogens with zero attached hydrogens (tertiary/aromatic N) is 1. The van der Waals surface area contributed by atoms with Gasteiger partial charge in [0.05, 0.1) is 0 Å². The fourth-order valence-electron chi connectivity index (χ4n) is 3.23. The minimum atomic E-state index is -0.580. The summed E-state index contributed by atoms with van der Waals surface area (Å²) >= 11 is 6.00. The molecule has 0 aromatic heterocycles. The molecule has 1 atom stereocenters. The van der Waals surface area contributed by atoms with Gasteiger partial charge in [0.1, 0.15) is 11.8 Å². The van der Waals surface area contributed by atoms with Gasteiger partial charge in [-0.15, -0.1) is 0 Å². The Labute approximate surface area is 190 Å². The van der Waals surface area contributed by atoms with E-state index in [4.69, 9.17) is 16.3 Å². The Balaban J connectivity index is 2.21. The maximum absolute atomic E-state index is 13.2. The summed E-state index contributed by atoms with van der Waals surface area (Å²) in [6.45, 7) is 10.7. The van der Waals surface area contributed by atoms with Gasteiger partial charge in [-0.05, 0) is 61.1 Å². The van der Waals surface area contributed by atoms with Crippen LogP contribution in [0.4, 0.5) is 0 Å². The van der Waals surface area contributed by atoms with Crippen LogP contribution in [0.2, 0.25) is 5.02 Å². The van der Waals surface area contributed by atoms with E-state index in [0.29, 0.717) is 36.2 Å². The molecule has 2 rings (SSSR count). The van der Waals surface area contributed by atoms with Crippen molar-refractivity contribution in [3.63, 3.8) is 0 Å². The van der Waals surface area contributed by atoms with Crippen LogP contribution in [-0.2, 0) is 16.1 Å². The first-order valence-corrected chi connectivity index (χ1v) is 11.1. The Kier molecular flexibility index (Phi) is 9.38. The van der Waals surface area contributed by atoms with E-state index in [2.05, 4.69) is 5.32 Å². The molecule has 2 aromatic carbocycles. The van der Waals surface area contributed by atoms with Crippen molar-refractivity contribution in [2.24, 2.45) is 5.92 Å². The number of rotatable bonds is 10. The Bertz CT molecular complexity index is 881. The third-order valence-corrected chi connectivity index (χ3v) is 5.49. The molecule has 6 heteroatoms. The molecule has 5 nitrogen and oxygen atoms in total. The summed E-state index contributed by atoms with van der Waals surface area (Å²) in [5.74, 6) is 0.624. The Morgan fingerprint density at radius 1 is 1.10 bits per heavy atom. The molecule has 0 aliphatic heterocycles. The lowest BCUT2D eigenvalue weighted by atomic mass is 10.1. The average molecular weight is 445 g/mol. The van der Waals surface area contributed by atoms with Crippen LogP contribution in [0.25, 0.3) is 0 Å². The zero-order chi connectivity index (χ0) is 23.0. The van der Waals surface area contributed by atoms with E-state index >= 15 is 0 Å². The van der Waals surface area contributed by atoms with E-state index in [-0.39, 0.29) is 18.4 Å². The number of halogens is 1. The monoisotopic (exact) mass is 444 g/mol. The predicted molar refractivity (Wildman–Crippen MR) is 125 cm³/mol. The summed E-state index contributed by atoms with van der Waals surface area (Å²) in [4.78, 5) is 27.7. The number of hydrogen-bond donors (Lipinski definition) is 1. The van der Waals surface area contributed by atoms with Gasteiger partial charge in [0.25, 0.3) is 5.91 Å². The highest BCUT2D eigenvalue weighted by atomic mass is 35.5. The largest absolute Gasteiger partial charge is 0.483 e. The molecule has 0 saturated carbocycles. The molecule has 31 heavy (non-hydrogen) atoms. The third-order valence-electron chi connectivity index (χ3n) is 5.24. The standard InChI is InChI=1S/C25H33ClN2O3/c1-6-22(25(30)27-14-17(2)3)28(15-20-10-12-21(26)13-11-20)24(29)16-31-23-9-7-8-18(4)19(23)5/h7-13,17,22H,6,14-16H2,1-5H3,(H,27,30)/t22-/m1/s1. The summed E-state index contributed by atoms with van der Waals surface area (Å²) in [6, 6.07) is 12.5. The van der Waals surface area contributed by atoms with Gasteiger partial charge in [0.2, 0.25) is 5.91 Å². The number of ether oxygens (including phenoxy) is 1. The number of amides is 2. The minimum Gasteiger partial charge on any atom is -0.483 e. The van der Waals surface area contributed by atoms with Crippen LogP contribution in [0, 0.1) is 19.8 Å². The minimum absolute atomic E-state index is 0.133. The summed E-state index contributed by atoms with van der Waals surface area (Å²) < 4.78 is 5.85. The molecule has 0 heterocycles. The molecule has 0 unspecified atom stereocenters. The quantitative estimate of drug-likeness (QED) is 0.566. The summed E-state index contributed by atoms with van der Waals surface area (Å²) in [5, 5.41) is 3.59. The maximum atomic E-state index is 13.2. The van der Waals surface area contributed by atoms with Crippen LogP contribution in [-0.4, -0.2) is 35.9 Å². The van der Waals surface area contributed by atoms with Gasteiger partial charge in [-0.3, -0.25) is 9.59 Å². The molecule has 0 saturated heterocycles. The van der Waals surface area contributed by atoms with Gasteiger partial charge in [0.15, 0.2) is 6.61 Å². The molecule has 0 radical (unpaired) electrons. The first-order chi connectivity index (χ1) is 14.7. The van der Waals surface area contributed by atoms with Crippen LogP contribution >= 0.6 is 11.6 Å². The molecule has 0 aliphatic carbocycles. The highest BCUT2D eigenvalue weighted by Gasteiger charge is 2.29. The number of nitrogens with one attached hydrogen (secondary N) is 1. The van der Waals surface area contributed by atoms with E-state index in [0.717, 1.165) is 16.7 Å². The van der Waals surface area contributed by atoms with Crippen molar-refractivity contribution in [3.05, 3.63) is 64.2 Å². The predicted octanol–water partition coefficient (Wildman–Crippen LogP) is 4.92. The number of hydrogen-bond acceptors (Lipinski definition) is 3. The molecule has 2 aromatic rings. The topological polar surface area (TPSA) is 58.6 Å². The maximum Gasteiger partial charge on any atom is 0.261 e. The molecule has 0 fully saturated rings. The van der Waals surface area contributed by atoms with Gasteiger partial charge < -0.3 is 15.0 Å². The van der Waals surface area contributed by atoms with E-state index < -0.39 is 6.04 Å². The SMILES string of the molecule is CC[C@H](C(=O)NCC(C)C)N(Cc1ccc(Cl)cc1)C(=O)COc1cccc(C)c1C. The van der Waals surface area contributed by atoms with E-state index in [1.165, 1.54) is 0 Å². The molecular weight excluding hydrogens is 412 g/mol. The molecule has 0 spiro atoms. The van der Waals surface area contributed by atoms with Gasteiger partial charge in [-0.2, -0.15) is 0 Å². The lowest BCUT2D eigenvalue weighted by molar-refractivity contribution is -0.143. The Morgan fingerprint density at radius 2 is 1.77 bits per heavy atom. The number of carbonyl (C=O) groups excluding carboxylic acids is 2.